The normalized spacial score (nSPS) is 14.2. The van der Waals surface area contributed by atoms with Crippen molar-refractivity contribution in [3.8, 4) is 0 Å². The second-order valence-electron chi connectivity index (χ2n) is 5.78. The van der Waals surface area contributed by atoms with Crippen LogP contribution in [0.1, 0.15) is 42.9 Å². The Balaban J connectivity index is 0.000000131. The predicted octanol–water partition coefficient (Wildman–Crippen LogP) is 5.36. The van der Waals surface area contributed by atoms with Gasteiger partial charge in [-0.25, -0.2) is 18.2 Å². The van der Waals surface area contributed by atoms with Crippen LogP contribution >= 0.6 is 0 Å². The first-order valence-corrected chi connectivity index (χ1v) is 9.56. The minimum atomic E-state index is 1.01. The molecule has 0 unspecified atom stereocenters. The minimum absolute atomic E-state index is 1.01. The van der Waals surface area contributed by atoms with Crippen LogP contribution in [-0.2, 0) is 37.1 Å². The third-order valence-corrected chi connectivity index (χ3v) is 4.65. The summed E-state index contributed by atoms with van der Waals surface area (Å²) >= 11 is 1.51. The third-order valence-electron chi connectivity index (χ3n) is 3.94. The van der Waals surface area contributed by atoms with Crippen LogP contribution in [0.15, 0.2) is 66.8 Å². The van der Waals surface area contributed by atoms with Crippen LogP contribution in [0, 0.1) is 6.08 Å². The Labute approximate surface area is 155 Å². The SMILES string of the molecule is C[C](=[Zr+2])c1ccccc1.[C-]1=CC=CC1.c1cc2c([cH-]1)CCCC2. The maximum absolute atomic E-state index is 2.99. The Morgan fingerprint density at radius 3 is 2.39 bits per heavy atom. The van der Waals surface area contributed by atoms with E-state index in [1.807, 2.05) is 18.2 Å². The van der Waals surface area contributed by atoms with E-state index in [1.54, 1.807) is 11.1 Å². The molecule has 0 nitrogen and oxygen atoms in total. The van der Waals surface area contributed by atoms with E-state index >= 15 is 0 Å². The molecule has 1 heteroatoms. The number of aryl methyl sites for hydroxylation is 2. The summed E-state index contributed by atoms with van der Waals surface area (Å²) in [4.78, 5) is 0. The largest absolute Gasteiger partial charge is 0.273 e. The van der Waals surface area contributed by atoms with E-state index < -0.39 is 0 Å². The molecule has 0 radical (unpaired) electrons. The van der Waals surface area contributed by atoms with E-state index in [9.17, 15) is 0 Å². The summed E-state index contributed by atoms with van der Waals surface area (Å²) in [6, 6.07) is 17.2. The first-order chi connectivity index (χ1) is 11.3. The Kier molecular flexibility index (Phi) is 8.33. The van der Waals surface area contributed by atoms with Crippen molar-refractivity contribution in [3.05, 3.63) is 89.5 Å². The first-order valence-electron chi connectivity index (χ1n) is 8.33. The average molecular weight is 380 g/mol. The predicted molar refractivity (Wildman–Crippen MR) is 96.5 cm³/mol. The van der Waals surface area contributed by atoms with E-state index in [0.29, 0.717) is 0 Å². The molecule has 4 rings (SSSR count). The molecular formula is C22H24Zr. The zero-order chi connectivity index (χ0) is 16.3. The maximum atomic E-state index is 2.99. The van der Waals surface area contributed by atoms with Crippen molar-refractivity contribution in [2.24, 2.45) is 0 Å². The second-order valence-corrected chi connectivity index (χ2v) is 7.62. The molecule has 2 aliphatic rings. The molecule has 0 atom stereocenters. The Morgan fingerprint density at radius 2 is 1.87 bits per heavy atom. The molecule has 2 aromatic rings. The van der Waals surface area contributed by atoms with Gasteiger partial charge in [-0.1, -0.05) is 25.7 Å². The van der Waals surface area contributed by atoms with Crippen molar-refractivity contribution in [2.45, 2.75) is 39.0 Å². The summed E-state index contributed by atoms with van der Waals surface area (Å²) in [6.45, 7) is 2.16. The van der Waals surface area contributed by atoms with Gasteiger partial charge in [-0.3, -0.25) is 6.08 Å². The molecule has 116 valence electrons. The first kappa shape index (κ1) is 18.1. The Bertz CT molecular complexity index is 613. The zero-order valence-corrected chi connectivity index (χ0v) is 16.3. The molecule has 0 saturated carbocycles. The fourth-order valence-electron chi connectivity index (χ4n) is 2.64. The molecule has 0 fully saturated rings. The molecule has 0 aliphatic heterocycles. The van der Waals surface area contributed by atoms with Crippen LogP contribution in [0.4, 0.5) is 0 Å². The van der Waals surface area contributed by atoms with Gasteiger partial charge in [0.2, 0.25) is 0 Å². The molecule has 0 amide bonds. The molecule has 23 heavy (non-hydrogen) atoms. The topological polar surface area (TPSA) is 0 Å². The van der Waals surface area contributed by atoms with Crippen molar-refractivity contribution < 1.29 is 24.2 Å². The Hall–Kier alpha value is -1.20. The third kappa shape index (κ3) is 6.84. The van der Waals surface area contributed by atoms with Gasteiger partial charge in [-0.2, -0.15) is 29.3 Å². The number of benzene rings is 1. The number of fused-ring (bicyclic) bond motifs is 1. The fraction of sp³-hybridized carbons (Fsp3) is 0.273. The quantitative estimate of drug-likeness (QED) is 0.585. The van der Waals surface area contributed by atoms with Crippen LogP contribution in [0.5, 0.6) is 0 Å². The van der Waals surface area contributed by atoms with Gasteiger partial charge in [-0.05, 0) is 0 Å². The summed E-state index contributed by atoms with van der Waals surface area (Å²) in [7, 11) is 0. The van der Waals surface area contributed by atoms with E-state index in [-0.39, 0.29) is 0 Å². The van der Waals surface area contributed by atoms with E-state index in [4.69, 9.17) is 0 Å². The molecular weight excluding hydrogens is 355 g/mol. The van der Waals surface area contributed by atoms with Gasteiger partial charge >= 0.3 is 70.3 Å². The van der Waals surface area contributed by atoms with Gasteiger partial charge in [0.05, 0.1) is 0 Å². The second kappa shape index (κ2) is 10.6. The van der Waals surface area contributed by atoms with Gasteiger partial charge in [-0.15, -0.1) is 6.42 Å². The monoisotopic (exact) mass is 378 g/mol. The van der Waals surface area contributed by atoms with Crippen LogP contribution in [0.25, 0.3) is 0 Å². The van der Waals surface area contributed by atoms with Crippen LogP contribution in [0.3, 0.4) is 0 Å². The van der Waals surface area contributed by atoms with Crippen molar-refractivity contribution in [3.63, 3.8) is 0 Å². The summed E-state index contributed by atoms with van der Waals surface area (Å²) in [6.07, 6.45) is 15.4. The Morgan fingerprint density at radius 1 is 1.09 bits per heavy atom. The van der Waals surface area contributed by atoms with Crippen molar-refractivity contribution >= 4 is 3.21 Å². The molecule has 0 saturated heterocycles. The number of hydrogen-bond acceptors (Lipinski definition) is 0. The standard InChI is InChI=1S/C9H11.C8H8.C5H5.Zr/c1-2-5-9-7-3-6-8(9)4-1;1-2-8-6-4-3-5-7-8;1-2-4-5-3-1;/h3,6-7H,1-2,4-5H2;3-7H,1H3;1-3H,4H2;/q-1;;-1;+2. The van der Waals surface area contributed by atoms with Crippen molar-refractivity contribution in [2.75, 3.05) is 0 Å². The molecule has 0 bridgehead atoms. The van der Waals surface area contributed by atoms with Crippen molar-refractivity contribution in [1.82, 2.24) is 0 Å². The minimum Gasteiger partial charge on any atom is -0.273 e. The molecule has 0 aromatic heterocycles. The summed E-state index contributed by atoms with van der Waals surface area (Å²) in [5.41, 5.74) is 4.57. The molecule has 2 aliphatic carbocycles. The molecule has 0 spiro atoms. The van der Waals surface area contributed by atoms with Crippen LogP contribution < -0.4 is 0 Å². The summed E-state index contributed by atoms with van der Waals surface area (Å²) in [5, 5.41) is 0. The van der Waals surface area contributed by atoms with Crippen LogP contribution in [-0.4, -0.2) is 3.21 Å². The smallest absolute Gasteiger partial charge is 0.0512 e. The maximum Gasteiger partial charge on any atom is -0.0512 e. The van der Waals surface area contributed by atoms with Gasteiger partial charge in [0.25, 0.3) is 0 Å². The van der Waals surface area contributed by atoms with E-state index in [1.165, 1.54) is 58.7 Å². The summed E-state index contributed by atoms with van der Waals surface area (Å²) in [5.74, 6) is 0. The fourth-order valence-corrected chi connectivity index (χ4v) is 3.05. The number of hydrogen-bond donors (Lipinski definition) is 0. The molecule has 2 aromatic carbocycles. The number of allylic oxidation sites excluding steroid dienone is 4. The van der Waals surface area contributed by atoms with E-state index in [0.717, 1.165) is 6.42 Å². The van der Waals surface area contributed by atoms with Crippen LogP contribution in [0.2, 0.25) is 0 Å². The van der Waals surface area contributed by atoms with Gasteiger partial charge in [0.1, 0.15) is 0 Å². The van der Waals surface area contributed by atoms with E-state index in [2.05, 4.69) is 61.5 Å². The van der Waals surface area contributed by atoms with Gasteiger partial charge in [0.15, 0.2) is 0 Å². The zero-order valence-electron chi connectivity index (χ0n) is 13.9. The van der Waals surface area contributed by atoms with Gasteiger partial charge in [0, 0.05) is 0 Å². The number of rotatable bonds is 1. The molecule has 0 N–H and O–H groups in total. The van der Waals surface area contributed by atoms with Gasteiger partial charge < -0.3 is 0 Å². The van der Waals surface area contributed by atoms with Crippen molar-refractivity contribution in [1.29, 1.82) is 0 Å². The molecule has 0 heterocycles. The average Bonchev–Trinajstić information content (AvgIpc) is 3.30. The summed E-state index contributed by atoms with van der Waals surface area (Å²) < 4.78 is 1.46.